The van der Waals surface area contributed by atoms with E-state index < -0.39 is 0 Å². The number of carbonyl (C=O) groups excluding carboxylic acids is 1. The molecule has 0 spiro atoms. The quantitative estimate of drug-likeness (QED) is 0.706. The van der Waals surface area contributed by atoms with Gasteiger partial charge in [0.15, 0.2) is 5.69 Å². The van der Waals surface area contributed by atoms with Gasteiger partial charge in [0.2, 0.25) is 0 Å². The van der Waals surface area contributed by atoms with E-state index in [-0.39, 0.29) is 5.91 Å². The van der Waals surface area contributed by atoms with Crippen molar-refractivity contribution >= 4 is 5.91 Å². The number of carbonyl (C=O) groups is 1. The topological polar surface area (TPSA) is 46.9 Å². The maximum Gasteiger partial charge on any atom is 0.271 e. The molecular formula is C20H21N3O. The van der Waals surface area contributed by atoms with Crippen molar-refractivity contribution in [3.05, 3.63) is 83.7 Å². The molecule has 122 valence electrons. The molecule has 1 amide bonds. The Hall–Kier alpha value is -2.88. The minimum Gasteiger partial charge on any atom is -0.351 e. The Bertz CT molecular complexity index is 794. The third-order valence-corrected chi connectivity index (χ3v) is 3.89. The number of benzene rings is 2. The smallest absolute Gasteiger partial charge is 0.271 e. The molecule has 2 aromatic carbocycles. The van der Waals surface area contributed by atoms with Gasteiger partial charge in [-0.1, -0.05) is 48.5 Å². The number of aryl methyl sites for hydroxylation is 2. The highest BCUT2D eigenvalue weighted by atomic mass is 16.1. The van der Waals surface area contributed by atoms with Crippen LogP contribution < -0.4 is 5.32 Å². The van der Waals surface area contributed by atoms with E-state index >= 15 is 0 Å². The molecule has 0 saturated carbocycles. The van der Waals surface area contributed by atoms with Gasteiger partial charge in [-0.25, -0.2) is 4.68 Å². The lowest BCUT2D eigenvalue weighted by molar-refractivity contribution is 0.0948. The molecule has 4 nitrogen and oxygen atoms in total. The normalized spacial score (nSPS) is 10.5. The minimum absolute atomic E-state index is 0.124. The van der Waals surface area contributed by atoms with Crippen LogP contribution in [0.25, 0.3) is 5.69 Å². The molecule has 0 fully saturated rings. The Labute approximate surface area is 142 Å². The standard InChI is InChI=1S/C20H21N3O/c1-16-15-19(22-23(16)18-12-6-3-7-13-18)20(24)21-14-8-11-17-9-4-2-5-10-17/h2-7,9-10,12-13,15H,8,11,14H2,1H3,(H,21,24). The zero-order valence-corrected chi connectivity index (χ0v) is 13.8. The van der Waals surface area contributed by atoms with Gasteiger partial charge in [-0.15, -0.1) is 0 Å². The minimum atomic E-state index is -0.124. The molecule has 1 heterocycles. The number of amides is 1. The van der Waals surface area contributed by atoms with Gasteiger partial charge >= 0.3 is 0 Å². The van der Waals surface area contributed by atoms with Crippen molar-refractivity contribution in [2.75, 3.05) is 6.54 Å². The fourth-order valence-corrected chi connectivity index (χ4v) is 2.65. The Morgan fingerprint density at radius 1 is 1.04 bits per heavy atom. The first-order chi connectivity index (χ1) is 11.7. The van der Waals surface area contributed by atoms with Crippen LogP contribution in [0.1, 0.15) is 28.2 Å². The van der Waals surface area contributed by atoms with Crippen LogP contribution in [0.3, 0.4) is 0 Å². The van der Waals surface area contributed by atoms with Gasteiger partial charge in [-0.05, 0) is 43.5 Å². The van der Waals surface area contributed by atoms with E-state index in [1.165, 1.54) is 5.56 Å². The van der Waals surface area contributed by atoms with Gasteiger partial charge in [0.05, 0.1) is 5.69 Å². The number of rotatable bonds is 6. The van der Waals surface area contributed by atoms with Gasteiger partial charge in [-0.2, -0.15) is 5.10 Å². The summed E-state index contributed by atoms with van der Waals surface area (Å²) in [6.45, 7) is 2.59. The highest BCUT2D eigenvalue weighted by Gasteiger charge is 2.12. The van der Waals surface area contributed by atoms with Crippen LogP contribution >= 0.6 is 0 Å². The van der Waals surface area contributed by atoms with Gasteiger partial charge in [-0.3, -0.25) is 4.79 Å². The molecule has 24 heavy (non-hydrogen) atoms. The van der Waals surface area contributed by atoms with Crippen LogP contribution in [0.5, 0.6) is 0 Å². The molecule has 0 aliphatic carbocycles. The average Bonchev–Trinajstić information content (AvgIpc) is 3.02. The van der Waals surface area contributed by atoms with Gasteiger partial charge in [0.1, 0.15) is 0 Å². The molecule has 4 heteroatoms. The number of nitrogens with zero attached hydrogens (tertiary/aromatic N) is 2. The van der Waals surface area contributed by atoms with Crippen molar-refractivity contribution in [3.8, 4) is 5.69 Å². The molecule has 0 aliphatic rings. The van der Waals surface area contributed by atoms with Crippen LogP contribution in [0.4, 0.5) is 0 Å². The summed E-state index contributed by atoms with van der Waals surface area (Å²) in [6.07, 6.45) is 1.87. The summed E-state index contributed by atoms with van der Waals surface area (Å²) in [7, 11) is 0. The lowest BCUT2D eigenvalue weighted by Crippen LogP contribution is -2.25. The summed E-state index contributed by atoms with van der Waals surface area (Å²) >= 11 is 0. The van der Waals surface area contributed by atoms with Gasteiger partial charge in [0.25, 0.3) is 5.91 Å². The summed E-state index contributed by atoms with van der Waals surface area (Å²) in [5, 5.41) is 7.37. The van der Waals surface area contributed by atoms with Crippen LogP contribution in [-0.2, 0) is 6.42 Å². The molecule has 0 saturated heterocycles. The summed E-state index contributed by atoms with van der Waals surface area (Å²) in [6, 6.07) is 21.9. The van der Waals surface area contributed by atoms with Crippen LogP contribution in [0.2, 0.25) is 0 Å². The Kier molecular flexibility index (Phi) is 5.06. The second kappa shape index (κ2) is 7.59. The number of hydrogen-bond acceptors (Lipinski definition) is 2. The first kappa shape index (κ1) is 16.0. The van der Waals surface area contributed by atoms with Crippen molar-refractivity contribution < 1.29 is 4.79 Å². The number of hydrogen-bond donors (Lipinski definition) is 1. The van der Waals surface area contributed by atoms with Crippen molar-refractivity contribution in [1.29, 1.82) is 0 Å². The Morgan fingerprint density at radius 3 is 2.42 bits per heavy atom. The van der Waals surface area contributed by atoms with E-state index in [2.05, 4.69) is 22.5 Å². The van der Waals surface area contributed by atoms with E-state index in [4.69, 9.17) is 0 Å². The van der Waals surface area contributed by atoms with Crippen LogP contribution in [-0.4, -0.2) is 22.2 Å². The molecule has 0 unspecified atom stereocenters. The molecule has 3 aromatic rings. The molecule has 1 N–H and O–H groups in total. The predicted molar refractivity (Wildman–Crippen MR) is 95.4 cm³/mol. The SMILES string of the molecule is Cc1cc(C(=O)NCCCc2ccccc2)nn1-c1ccccc1. The van der Waals surface area contributed by atoms with Crippen molar-refractivity contribution in [2.45, 2.75) is 19.8 Å². The fourth-order valence-electron chi connectivity index (χ4n) is 2.65. The molecule has 3 rings (SSSR count). The van der Waals surface area contributed by atoms with Gasteiger partial charge < -0.3 is 5.32 Å². The van der Waals surface area contributed by atoms with Crippen molar-refractivity contribution in [1.82, 2.24) is 15.1 Å². The molecular weight excluding hydrogens is 298 g/mol. The number of para-hydroxylation sites is 1. The third kappa shape index (κ3) is 3.90. The molecule has 1 aromatic heterocycles. The summed E-state index contributed by atoms with van der Waals surface area (Å²) in [4.78, 5) is 12.3. The van der Waals surface area contributed by atoms with E-state index in [1.54, 1.807) is 4.68 Å². The highest BCUT2D eigenvalue weighted by molar-refractivity contribution is 5.92. The first-order valence-electron chi connectivity index (χ1n) is 8.18. The second-order valence-corrected chi connectivity index (χ2v) is 5.76. The fraction of sp³-hybridized carbons (Fsp3) is 0.200. The average molecular weight is 319 g/mol. The summed E-state index contributed by atoms with van der Waals surface area (Å²) < 4.78 is 1.79. The van der Waals surface area contributed by atoms with Crippen LogP contribution in [0.15, 0.2) is 66.7 Å². The lowest BCUT2D eigenvalue weighted by Gasteiger charge is -2.04. The second-order valence-electron chi connectivity index (χ2n) is 5.76. The highest BCUT2D eigenvalue weighted by Crippen LogP contribution is 2.11. The van der Waals surface area contributed by atoms with E-state index in [0.29, 0.717) is 12.2 Å². The van der Waals surface area contributed by atoms with E-state index in [0.717, 1.165) is 24.2 Å². The maximum atomic E-state index is 12.3. The molecule has 0 aliphatic heterocycles. The molecule has 0 radical (unpaired) electrons. The maximum absolute atomic E-state index is 12.3. The van der Waals surface area contributed by atoms with E-state index in [9.17, 15) is 4.79 Å². The van der Waals surface area contributed by atoms with Gasteiger partial charge in [0, 0.05) is 12.2 Å². The zero-order chi connectivity index (χ0) is 16.8. The molecule has 0 atom stereocenters. The molecule has 0 bridgehead atoms. The zero-order valence-electron chi connectivity index (χ0n) is 13.8. The number of nitrogens with one attached hydrogen (secondary N) is 1. The van der Waals surface area contributed by atoms with E-state index in [1.807, 2.05) is 61.5 Å². The summed E-state index contributed by atoms with van der Waals surface area (Å²) in [5.41, 5.74) is 3.64. The third-order valence-electron chi connectivity index (χ3n) is 3.89. The van der Waals surface area contributed by atoms with Crippen molar-refractivity contribution in [3.63, 3.8) is 0 Å². The monoisotopic (exact) mass is 319 g/mol. The lowest BCUT2D eigenvalue weighted by atomic mass is 10.1. The first-order valence-corrected chi connectivity index (χ1v) is 8.18. The largest absolute Gasteiger partial charge is 0.351 e. The summed E-state index contributed by atoms with van der Waals surface area (Å²) in [5.74, 6) is -0.124. The van der Waals surface area contributed by atoms with Crippen LogP contribution in [0, 0.1) is 6.92 Å². The Morgan fingerprint density at radius 2 is 1.71 bits per heavy atom. The Balaban J connectivity index is 1.56. The number of aromatic nitrogens is 2. The predicted octanol–water partition coefficient (Wildman–Crippen LogP) is 3.54. The van der Waals surface area contributed by atoms with Crippen molar-refractivity contribution in [2.24, 2.45) is 0 Å².